The molecule has 1 aromatic carbocycles. The Hall–Kier alpha value is -2.55. The van der Waals surface area contributed by atoms with Gasteiger partial charge in [0.05, 0.1) is 11.6 Å². The van der Waals surface area contributed by atoms with Crippen LogP contribution in [0.4, 0.5) is 0 Å². The molecule has 0 aliphatic heterocycles. The average Bonchev–Trinajstić information content (AvgIpc) is 2.36. The van der Waals surface area contributed by atoms with Crippen LogP contribution in [0.15, 0.2) is 29.3 Å². The van der Waals surface area contributed by atoms with Crippen LogP contribution in [0.25, 0.3) is 0 Å². The largest absolute Gasteiger partial charge is 0.595 e. The third-order valence-electron chi connectivity index (χ3n) is 2.45. The minimum Gasteiger partial charge on any atom is -0.595 e. The summed E-state index contributed by atoms with van der Waals surface area (Å²) < 4.78 is 4.98. The van der Waals surface area contributed by atoms with Crippen LogP contribution in [0.2, 0.25) is 0 Å². The monoisotopic (exact) mass is 289 g/mol. The highest BCUT2D eigenvalue weighted by Gasteiger charge is 2.17. The second kappa shape index (κ2) is 6.75. The van der Waals surface area contributed by atoms with E-state index >= 15 is 0 Å². The minimum absolute atomic E-state index is 0.0558. The molecule has 1 N–H and O–H groups in total. The lowest BCUT2D eigenvalue weighted by Gasteiger charge is -2.30. The lowest BCUT2D eigenvalue weighted by molar-refractivity contribution is -0.261. The summed E-state index contributed by atoms with van der Waals surface area (Å²) in [5.74, 6) is -1.20. The zero-order valence-corrected chi connectivity index (χ0v) is 12.2. The van der Waals surface area contributed by atoms with Crippen LogP contribution >= 0.6 is 0 Å². The van der Waals surface area contributed by atoms with Gasteiger partial charge in [0.2, 0.25) is 0 Å². The molecule has 0 bridgehead atoms. The maximum absolute atomic E-state index is 11.6. The smallest absolute Gasteiger partial charge is 0.328 e. The Morgan fingerprint density at radius 1 is 1.43 bits per heavy atom. The third kappa shape index (κ3) is 5.95. The van der Waals surface area contributed by atoms with Gasteiger partial charge in [-0.05, 0) is 17.7 Å². The molecule has 0 aliphatic rings. The van der Waals surface area contributed by atoms with Gasteiger partial charge in [-0.1, -0.05) is 32.9 Å². The van der Waals surface area contributed by atoms with Gasteiger partial charge in [-0.25, -0.2) is 4.79 Å². The maximum Gasteiger partial charge on any atom is 0.328 e. The molecule has 0 fully saturated rings. The van der Waals surface area contributed by atoms with Crippen LogP contribution in [0.5, 0.6) is 0 Å². The molecule has 0 saturated heterocycles. The van der Waals surface area contributed by atoms with Gasteiger partial charge in [-0.2, -0.15) is 5.26 Å². The Bertz CT molecular complexity index is 565. The van der Waals surface area contributed by atoms with Crippen molar-refractivity contribution in [2.24, 2.45) is 4.99 Å². The van der Waals surface area contributed by atoms with Crippen molar-refractivity contribution in [3.63, 3.8) is 0 Å². The summed E-state index contributed by atoms with van der Waals surface area (Å²) in [6.45, 7) is 5.03. The molecule has 1 unspecified atom stereocenters. The van der Waals surface area contributed by atoms with Gasteiger partial charge in [0.15, 0.2) is 6.04 Å². The molecule has 0 spiro atoms. The van der Waals surface area contributed by atoms with Crippen molar-refractivity contribution in [3.05, 3.63) is 35.4 Å². The quantitative estimate of drug-likeness (QED) is 0.659. The molecule has 0 aromatic heterocycles. The van der Waals surface area contributed by atoms with Crippen molar-refractivity contribution < 1.29 is 19.7 Å². The van der Waals surface area contributed by atoms with E-state index in [1.165, 1.54) is 0 Å². The van der Waals surface area contributed by atoms with E-state index in [0.717, 1.165) is 0 Å². The normalized spacial score (nSPS) is 13.3. The molecule has 21 heavy (non-hydrogen) atoms. The molecule has 0 radical (unpaired) electrons. The lowest BCUT2D eigenvalue weighted by Crippen LogP contribution is -2.34. The number of benzene rings is 1. The van der Waals surface area contributed by atoms with Crippen LogP contribution in [-0.2, 0) is 16.0 Å². The topological polar surface area (TPSA) is 106 Å². The van der Waals surface area contributed by atoms with E-state index in [9.17, 15) is 9.90 Å². The summed E-state index contributed by atoms with van der Waals surface area (Å²) >= 11 is 0. The first-order valence-corrected chi connectivity index (χ1v) is 6.37. The summed E-state index contributed by atoms with van der Waals surface area (Å²) in [6, 6.07) is 7.21. The molecular formula is C15H17N2O4-. The SMILES string of the molecule is CC(C)(C)OC([O-])=NC(Cc1ccc(C#N)cc1)C(=O)O. The highest BCUT2D eigenvalue weighted by Crippen LogP contribution is 2.10. The Morgan fingerprint density at radius 3 is 2.43 bits per heavy atom. The molecule has 6 nitrogen and oxygen atoms in total. The van der Waals surface area contributed by atoms with E-state index in [1.807, 2.05) is 6.07 Å². The van der Waals surface area contributed by atoms with E-state index < -0.39 is 23.7 Å². The molecule has 6 heteroatoms. The number of carbonyl (C=O) groups is 1. The van der Waals surface area contributed by atoms with E-state index in [0.29, 0.717) is 11.1 Å². The number of nitrogens with zero attached hydrogens (tertiary/aromatic N) is 2. The fourth-order valence-corrected chi connectivity index (χ4v) is 1.54. The first-order chi connectivity index (χ1) is 9.71. The maximum atomic E-state index is 11.6. The van der Waals surface area contributed by atoms with Gasteiger partial charge in [-0.15, -0.1) is 0 Å². The van der Waals surface area contributed by atoms with E-state index in [-0.39, 0.29) is 6.42 Å². The summed E-state index contributed by atoms with van der Waals surface area (Å²) in [4.78, 5) is 14.7. The number of rotatable bonds is 4. The van der Waals surface area contributed by atoms with E-state index in [1.54, 1.807) is 45.0 Å². The number of hydrogen-bond donors (Lipinski definition) is 1. The van der Waals surface area contributed by atoms with Crippen LogP contribution in [-0.4, -0.2) is 28.8 Å². The fraction of sp³-hybridized carbons (Fsp3) is 0.400. The number of nitriles is 1. The second-order valence-corrected chi connectivity index (χ2v) is 5.48. The molecule has 1 aromatic rings. The van der Waals surface area contributed by atoms with Gasteiger partial charge in [-0.3, -0.25) is 4.99 Å². The molecule has 1 atom stereocenters. The molecular weight excluding hydrogens is 272 g/mol. The van der Waals surface area contributed by atoms with Crippen LogP contribution in [0, 0.1) is 11.3 Å². The summed E-state index contributed by atoms with van der Waals surface area (Å²) in [7, 11) is 0. The Kier molecular flexibility index (Phi) is 5.30. The second-order valence-electron chi connectivity index (χ2n) is 5.48. The minimum atomic E-state index is -1.22. The predicted octanol–water partition coefficient (Wildman–Crippen LogP) is 1.09. The fourth-order valence-electron chi connectivity index (χ4n) is 1.54. The number of aliphatic imine (C=N–C) groups is 1. The summed E-state index contributed by atoms with van der Waals surface area (Å²) in [5.41, 5.74) is 0.432. The molecule has 0 aliphatic carbocycles. The Labute approximate surface area is 123 Å². The summed E-state index contributed by atoms with van der Waals surface area (Å²) in [5, 5.41) is 29.4. The van der Waals surface area contributed by atoms with E-state index in [2.05, 4.69) is 4.99 Å². The predicted molar refractivity (Wildman–Crippen MR) is 74.6 cm³/mol. The van der Waals surface area contributed by atoms with Crippen LogP contribution < -0.4 is 5.11 Å². The summed E-state index contributed by atoms with van der Waals surface area (Å²) in [6.07, 6.45) is -0.844. The number of ether oxygens (including phenoxy) is 1. The van der Waals surface area contributed by atoms with Crippen molar-refractivity contribution in [2.75, 3.05) is 0 Å². The van der Waals surface area contributed by atoms with Crippen molar-refractivity contribution in [1.82, 2.24) is 0 Å². The highest BCUT2D eigenvalue weighted by atomic mass is 16.6. The van der Waals surface area contributed by atoms with Crippen LogP contribution in [0.1, 0.15) is 31.9 Å². The standard InChI is InChI=1S/C15H18N2O4/c1-15(2,3)21-14(20)17-12(13(18)19)8-10-4-6-11(9-16)7-5-10/h4-7,12H,8H2,1-3H3,(H,17,20)(H,18,19)/p-1. The lowest BCUT2D eigenvalue weighted by atomic mass is 10.0. The van der Waals surface area contributed by atoms with Gasteiger partial charge < -0.3 is 14.9 Å². The van der Waals surface area contributed by atoms with Crippen molar-refractivity contribution in [3.8, 4) is 6.07 Å². The third-order valence-corrected chi connectivity index (χ3v) is 2.45. The van der Waals surface area contributed by atoms with Gasteiger partial charge in [0, 0.05) is 12.0 Å². The van der Waals surface area contributed by atoms with E-state index in [4.69, 9.17) is 15.1 Å². The Balaban J connectivity index is 2.85. The number of hydrogen-bond acceptors (Lipinski definition) is 5. The molecule has 0 amide bonds. The zero-order valence-electron chi connectivity index (χ0n) is 12.2. The molecule has 1 rings (SSSR count). The molecule has 112 valence electrons. The molecule has 0 heterocycles. The van der Waals surface area contributed by atoms with Crippen molar-refractivity contribution >= 4 is 12.1 Å². The van der Waals surface area contributed by atoms with Crippen LogP contribution in [0.3, 0.4) is 0 Å². The first kappa shape index (κ1) is 16.5. The zero-order chi connectivity index (χ0) is 16.0. The first-order valence-electron chi connectivity index (χ1n) is 6.37. The number of carboxylic acid groups (broad SMARTS) is 1. The number of carboxylic acids is 1. The van der Waals surface area contributed by atoms with Gasteiger partial charge >= 0.3 is 5.97 Å². The number of aliphatic carboxylic acids is 1. The highest BCUT2D eigenvalue weighted by molar-refractivity contribution is 5.77. The Morgan fingerprint density at radius 2 is 2.00 bits per heavy atom. The van der Waals surface area contributed by atoms with Crippen molar-refractivity contribution in [2.45, 2.75) is 38.8 Å². The average molecular weight is 289 g/mol. The van der Waals surface area contributed by atoms with Crippen molar-refractivity contribution in [1.29, 1.82) is 5.26 Å². The molecule has 0 saturated carbocycles. The van der Waals surface area contributed by atoms with Gasteiger partial charge in [0.1, 0.15) is 6.08 Å². The van der Waals surface area contributed by atoms with Gasteiger partial charge in [0.25, 0.3) is 0 Å².